The Morgan fingerprint density at radius 1 is 1.61 bits per heavy atom. The molecule has 0 amide bonds. The van der Waals surface area contributed by atoms with Crippen LogP contribution in [0.3, 0.4) is 0 Å². The van der Waals surface area contributed by atoms with E-state index in [4.69, 9.17) is 27.9 Å². The Bertz CT molecular complexity index is 442. The molecule has 0 aliphatic rings. The van der Waals surface area contributed by atoms with E-state index in [2.05, 4.69) is 5.32 Å². The summed E-state index contributed by atoms with van der Waals surface area (Å²) in [5.41, 5.74) is 0.217. The highest BCUT2D eigenvalue weighted by atomic mass is 35.5. The van der Waals surface area contributed by atoms with Gasteiger partial charge < -0.3 is 15.2 Å². The van der Waals surface area contributed by atoms with Gasteiger partial charge in [-0.1, -0.05) is 11.6 Å². The van der Waals surface area contributed by atoms with Crippen molar-refractivity contribution in [2.24, 2.45) is 0 Å². The maximum Gasteiger partial charge on any atom is 0.291 e. The molecular weight excluding hydrogens is 283 g/mol. The first kappa shape index (κ1) is 14.8. The highest BCUT2D eigenvalue weighted by molar-refractivity contribution is 6.33. The minimum atomic E-state index is -0.731. The van der Waals surface area contributed by atoms with E-state index in [0.29, 0.717) is 5.69 Å². The van der Waals surface area contributed by atoms with Gasteiger partial charge in [-0.2, -0.15) is 0 Å². The molecule has 0 aliphatic heterocycles. The third-order valence-electron chi connectivity index (χ3n) is 2.17. The van der Waals surface area contributed by atoms with Crippen LogP contribution in [0.5, 0.6) is 5.75 Å². The van der Waals surface area contributed by atoms with Gasteiger partial charge >= 0.3 is 0 Å². The van der Waals surface area contributed by atoms with E-state index in [1.54, 1.807) is 0 Å². The third-order valence-corrected chi connectivity index (χ3v) is 2.83. The maximum absolute atomic E-state index is 10.7. The van der Waals surface area contributed by atoms with Gasteiger partial charge in [0, 0.05) is 6.54 Å². The number of nitro benzene ring substituents is 1. The summed E-state index contributed by atoms with van der Waals surface area (Å²) >= 11 is 11.2. The second-order valence-corrected chi connectivity index (χ2v) is 4.17. The number of nitrogens with one attached hydrogen (secondary N) is 1. The number of ether oxygens (including phenoxy) is 1. The molecule has 0 spiro atoms. The van der Waals surface area contributed by atoms with E-state index in [-0.39, 0.29) is 28.9 Å². The minimum absolute atomic E-state index is 0.0105. The molecule has 6 nitrogen and oxygen atoms in total. The zero-order valence-electron chi connectivity index (χ0n) is 9.52. The molecule has 1 unspecified atom stereocenters. The molecule has 0 radical (unpaired) electrons. The van der Waals surface area contributed by atoms with Crippen molar-refractivity contribution in [2.75, 3.05) is 24.9 Å². The van der Waals surface area contributed by atoms with Gasteiger partial charge in [0.15, 0.2) is 0 Å². The lowest BCUT2D eigenvalue weighted by atomic mass is 10.2. The smallest absolute Gasteiger partial charge is 0.291 e. The van der Waals surface area contributed by atoms with E-state index in [9.17, 15) is 15.2 Å². The number of hydrogen-bond acceptors (Lipinski definition) is 5. The number of aliphatic hydroxyl groups is 1. The number of nitrogens with zero attached hydrogens (tertiary/aromatic N) is 1. The summed E-state index contributed by atoms with van der Waals surface area (Å²) in [5, 5.41) is 22.9. The Hall–Kier alpha value is -1.24. The highest BCUT2D eigenvalue weighted by Crippen LogP contribution is 2.35. The SMILES string of the molecule is COc1cc([N+](=O)[O-])c(Cl)cc1NCC(O)CCl. The van der Waals surface area contributed by atoms with Crippen molar-refractivity contribution in [3.63, 3.8) is 0 Å². The molecule has 1 rings (SSSR count). The van der Waals surface area contributed by atoms with Gasteiger partial charge in [-0.3, -0.25) is 10.1 Å². The fourth-order valence-electron chi connectivity index (χ4n) is 1.27. The van der Waals surface area contributed by atoms with E-state index < -0.39 is 11.0 Å². The van der Waals surface area contributed by atoms with Gasteiger partial charge in [0.2, 0.25) is 0 Å². The fourth-order valence-corrected chi connectivity index (χ4v) is 1.61. The van der Waals surface area contributed by atoms with Crippen LogP contribution in [0.4, 0.5) is 11.4 Å². The van der Waals surface area contributed by atoms with Crippen molar-refractivity contribution in [3.05, 3.63) is 27.3 Å². The average molecular weight is 295 g/mol. The normalized spacial score (nSPS) is 12.0. The highest BCUT2D eigenvalue weighted by Gasteiger charge is 2.17. The molecule has 0 aromatic heterocycles. The van der Waals surface area contributed by atoms with Crippen LogP contribution in [0.1, 0.15) is 0 Å². The number of methoxy groups -OCH3 is 1. The molecule has 0 aliphatic carbocycles. The zero-order valence-corrected chi connectivity index (χ0v) is 11.0. The molecule has 1 aromatic carbocycles. The first-order valence-electron chi connectivity index (χ1n) is 4.99. The van der Waals surface area contributed by atoms with Crippen LogP contribution in [0.25, 0.3) is 0 Å². The zero-order chi connectivity index (χ0) is 13.7. The van der Waals surface area contributed by atoms with Crippen molar-refractivity contribution in [1.29, 1.82) is 0 Å². The number of alkyl halides is 1. The van der Waals surface area contributed by atoms with Crippen molar-refractivity contribution >= 4 is 34.6 Å². The van der Waals surface area contributed by atoms with E-state index in [0.717, 1.165) is 0 Å². The largest absolute Gasteiger partial charge is 0.494 e. The van der Waals surface area contributed by atoms with E-state index in [1.165, 1.54) is 19.2 Å². The molecule has 8 heteroatoms. The van der Waals surface area contributed by atoms with Crippen LogP contribution in [-0.2, 0) is 0 Å². The Morgan fingerprint density at radius 2 is 2.28 bits per heavy atom. The lowest BCUT2D eigenvalue weighted by molar-refractivity contribution is -0.384. The van der Waals surface area contributed by atoms with Crippen molar-refractivity contribution in [2.45, 2.75) is 6.10 Å². The summed E-state index contributed by atoms with van der Waals surface area (Å²) in [4.78, 5) is 10.1. The lowest BCUT2D eigenvalue weighted by Gasteiger charge is -2.13. The number of nitro groups is 1. The quantitative estimate of drug-likeness (QED) is 0.478. The van der Waals surface area contributed by atoms with Crippen molar-refractivity contribution < 1.29 is 14.8 Å². The van der Waals surface area contributed by atoms with Gasteiger partial charge in [0.1, 0.15) is 10.8 Å². The molecular formula is C10H12Cl2N2O4. The van der Waals surface area contributed by atoms with E-state index >= 15 is 0 Å². The summed E-state index contributed by atoms with van der Waals surface area (Å²) in [5.74, 6) is 0.351. The second-order valence-electron chi connectivity index (χ2n) is 3.45. The van der Waals surface area contributed by atoms with Gasteiger partial charge in [-0.25, -0.2) is 0 Å². The van der Waals surface area contributed by atoms with Crippen molar-refractivity contribution in [1.82, 2.24) is 0 Å². The molecule has 0 saturated heterocycles. The third kappa shape index (κ3) is 3.63. The molecule has 0 heterocycles. The monoisotopic (exact) mass is 294 g/mol. The minimum Gasteiger partial charge on any atom is -0.494 e. The Balaban J connectivity index is 2.98. The van der Waals surface area contributed by atoms with E-state index in [1.807, 2.05) is 0 Å². The number of benzene rings is 1. The Kier molecular flexibility index (Phi) is 5.46. The fraction of sp³-hybridized carbons (Fsp3) is 0.400. The van der Waals surface area contributed by atoms with Crippen LogP contribution >= 0.6 is 23.2 Å². The molecule has 1 aromatic rings. The Labute approximate surface area is 114 Å². The first-order chi connectivity index (χ1) is 8.49. The molecule has 100 valence electrons. The number of halogens is 2. The summed E-state index contributed by atoms with van der Waals surface area (Å²) in [6, 6.07) is 2.59. The number of hydrogen-bond donors (Lipinski definition) is 2. The summed E-state index contributed by atoms with van der Waals surface area (Å²) in [6.07, 6.45) is -0.731. The maximum atomic E-state index is 10.7. The summed E-state index contributed by atoms with van der Waals surface area (Å²) in [7, 11) is 1.39. The van der Waals surface area contributed by atoms with Crippen LogP contribution < -0.4 is 10.1 Å². The number of rotatable bonds is 6. The number of anilines is 1. The van der Waals surface area contributed by atoms with Gasteiger partial charge in [-0.15, -0.1) is 11.6 Å². The van der Waals surface area contributed by atoms with Crippen LogP contribution in [0, 0.1) is 10.1 Å². The molecule has 1 atom stereocenters. The summed E-state index contributed by atoms with van der Waals surface area (Å²) in [6.45, 7) is 0.188. The van der Waals surface area contributed by atoms with Crippen LogP contribution in [0.2, 0.25) is 5.02 Å². The van der Waals surface area contributed by atoms with Gasteiger partial charge in [-0.05, 0) is 6.07 Å². The van der Waals surface area contributed by atoms with Gasteiger partial charge in [0.05, 0.1) is 35.8 Å². The lowest BCUT2D eigenvalue weighted by Crippen LogP contribution is -2.21. The molecule has 2 N–H and O–H groups in total. The summed E-state index contributed by atoms with van der Waals surface area (Å²) < 4.78 is 5.02. The van der Waals surface area contributed by atoms with Crippen molar-refractivity contribution in [3.8, 4) is 5.75 Å². The second kappa shape index (κ2) is 6.63. The molecule has 0 bridgehead atoms. The van der Waals surface area contributed by atoms with Gasteiger partial charge in [0.25, 0.3) is 5.69 Å². The predicted octanol–water partition coefficient (Wildman–Crippen LogP) is 2.27. The predicted molar refractivity (Wildman–Crippen MR) is 69.9 cm³/mol. The van der Waals surface area contributed by atoms with Crippen LogP contribution in [0.15, 0.2) is 12.1 Å². The Morgan fingerprint density at radius 3 is 2.78 bits per heavy atom. The molecule has 0 fully saturated rings. The topological polar surface area (TPSA) is 84.6 Å². The standard InChI is InChI=1S/C10H12Cl2N2O4/c1-18-10-3-9(14(16)17)7(12)2-8(10)13-5-6(15)4-11/h2-3,6,13,15H,4-5H2,1H3. The molecule has 18 heavy (non-hydrogen) atoms. The first-order valence-corrected chi connectivity index (χ1v) is 5.90. The average Bonchev–Trinajstić information content (AvgIpc) is 2.35. The number of aliphatic hydroxyl groups excluding tert-OH is 1. The molecule has 0 saturated carbocycles. The van der Waals surface area contributed by atoms with Crippen LogP contribution in [-0.4, -0.2) is 35.7 Å².